The minimum atomic E-state index is 0.537. The Bertz CT molecular complexity index is 555. The van der Waals surface area contributed by atoms with E-state index < -0.39 is 0 Å². The third-order valence-electron chi connectivity index (χ3n) is 2.90. The van der Waals surface area contributed by atoms with E-state index in [0.717, 1.165) is 22.0 Å². The predicted octanol–water partition coefficient (Wildman–Crippen LogP) is 3.28. The van der Waals surface area contributed by atoms with Crippen molar-refractivity contribution in [3.05, 3.63) is 40.1 Å². The molecule has 0 fully saturated rings. The Morgan fingerprint density at radius 3 is 2.80 bits per heavy atom. The van der Waals surface area contributed by atoms with Gasteiger partial charge in [0.05, 0.1) is 18.8 Å². The number of hydrogen-bond acceptors (Lipinski definition) is 5. The van der Waals surface area contributed by atoms with E-state index in [1.54, 1.807) is 18.4 Å². The van der Waals surface area contributed by atoms with Crippen LogP contribution >= 0.6 is 11.3 Å². The normalized spacial score (nSPS) is 10.5. The summed E-state index contributed by atoms with van der Waals surface area (Å²) in [4.78, 5) is 1.13. The molecule has 0 radical (unpaired) electrons. The summed E-state index contributed by atoms with van der Waals surface area (Å²) >= 11 is 1.65. The van der Waals surface area contributed by atoms with Crippen LogP contribution in [0.1, 0.15) is 10.4 Å². The third-order valence-corrected chi connectivity index (χ3v) is 3.84. The minimum absolute atomic E-state index is 0.537. The average Bonchev–Trinajstić information content (AvgIpc) is 2.84. The fourth-order valence-corrected chi connectivity index (χ4v) is 2.54. The molecule has 0 spiro atoms. The number of nitrogens with one attached hydrogen (secondary N) is 1. The quantitative estimate of drug-likeness (QED) is 0.769. The summed E-state index contributed by atoms with van der Waals surface area (Å²) in [5, 5.41) is 5.37. The van der Waals surface area contributed by atoms with Crippen molar-refractivity contribution in [3.8, 4) is 5.75 Å². The second-order valence-electron chi connectivity index (χ2n) is 4.49. The van der Waals surface area contributed by atoms with Crippen molar-refractivity contribution in [2.45, 2.75) is 13.5 Å². The molecule has 108 valence electrons. The smallest absolute Gasteiger partial charge is 0.142 e. The van der Waals surface area contributed by atoms with Crippen LogP contribution in [0.25, 0.3) is 0 Å². The molecule has 1 aromatic heterocycles. The van der Waals surface area contributed by atoms with Crippen LogP contribution in [0.3, 0.4) is 0 Å². The molecule has 0 aliphatic carbocycles. The number of anilines is 2. The van der Waals surface area contributed by atoms with Crippen LogP contribution in [0, 0.1) is 6.92 Å². The molecule has 0 unspecified atom stereocenters. The molecule has 0 aliphatic rings. The molecule has 0 bridgehead atoms. The number of aryl methyl sites for hydroxylation is 1. The number of ether oxygens (including phenoxy) is 2. The van der Waals surface area contributed by atoms with Gasteiger partial charge >= 0.3 is 0 Å². The van der Waals surface area contributed by atoms with Crippen molar-refractivity contribution in [3.63, 3.8) is 0 Å². The van der Waals surface area contributed by atoms with E-state index in [1.165, 1.54) is 5.56 Å². The first-order chi connectivity index (χ1) is 9.70. The molecule has 2 aromatic rings. The van der Waals surface area contributed by atoms with Crippen LogP contribution in [-0.2, 0) is 11.3 Å². The monoisotopic (exact) mass is 292 g/mol. The Morgan fingerprint density at radius 1 is 1.25 bits per heavy atom. The maximum atomic E-state index is 5.89. The first-order valence-electron chi connectivity index (χ1n) is 6.49. The van der Waals surface area contributed by atoms with E-state index >= 15 is 0 Å². The summed E-state index contributed by atoms with van der Waals surface area (Å²) < 4.78 is 10.8. The maximum absolute atomic E-state index is 5.89. The lowest BCUT2D eigenvalue weighted by Gasteiger charge is -2.14. The van der Waals surface area contributed by atoms with Crippen LogP contribution in [0.5, 0.6) is 5.75 Å². The largest absolute Gasteiger partial charge is 0.489 e. The van der Waals surface area contributed by atoms with Gasteiger partial charge in [0.1, 0.15) is 12.4 Å². The van der Waals surface area contributed by atoms with Crippen LogP contribution < -0.4 is 15.8 Å². The number of benzene rings is 1. The lowest BCUT2D eigenvalue weighted by atomic mass is 10.2. The molecule has 0 amide bonds. The summed E-state index contributed by atoms with van der Waals surface area (Å²) in [5.41, 5.74) is 8.85. The average molecular weight is 292 g/mol. The highest BCUT2D eigenvalue weighted by Crippen LogP contribution is 2.28. The molecule has 0 aliphatic heterocycles. The minimum Gasteiger partial charge on any atom is -0.489 e. The van der Waals surface area contributed by atoms with E-state index in [9.17, 15) is 0 Å². The van der Waals surface area contributed by atoms with Gasteiger partial charge in [0.15, 0.2) is 0 Å². The molecular weight excluding hydrogens is 272 g/mol. The van der Waals surface area contributed by atoms with Crippen LogP contribution in [0.4, 0.5) is 11.4 Å². The molecular formula is C15H20N2O2S. The maximum Gasteiger partial charge on any atom is 0.142 e. The lowest BCUT2D eigenvalue weighted by molar-refractivity contribution is 0.146. The summed E-state index contributed by atoms with van der Waals surface area (Å²) in [6.45, 7) is 3.86. The fraction of sp³-hybridized carbons (Fsp3) is 0.333. The van der Waals surface area contributed by atoms with Crippen molar-refractivity contribution >= 4 is 22.7 Å². The van der Waals surface area contributed by atoms with E-state index in [0.29, 0.717) is 19.8 Å². The van der Waals surface area contributed by atoms with Gasteiger partial charge in [-0.2, -0.15) is 0 Å². The lowest BCUT2D eigenvalue weighted by Crippen LogP contribution is -2.07. The van der Waals surface area contributed by atoms with Gasteiger partial charge in [-0.15, -0.1) is 11.3 Å². The number of nitrogens with two attached hydrogens (primary N) is 1. The van der Waals surface area contributed by atoms with Crippen LogP contribution in [0.2, 0.25) is 0 Å². The van der Waals surface area contributed by atoms with E-state index in [-0.39, 0.29) is 0 Å². The second-order valence-corrected chi connectivity index (χ2v) is 5.49. The number of nitrogen functional groups attached to an aromatic ring is 1. The summed E-state index contributed by atoms with van der Waals surface area (Å²) in [7, 11) is 1.67. The molecule has 0 saturated heterocycles. The molecule has 3 N–H and O–H groups in total. The Balaban J connectivity index is 2.04. The number of thiophene rings is 1. The van der Waals surface area contributed by atoms with Gasteiger partial charge in [0.25, 0.3) is 0 Å². The highest BCUT2D eigenvalue weighted by Gasteiger charge is 2.06. The van der Waals surface area contributed by atoms with E-state index in [1.807, 2.05) is 30.5 Å². The van der Waals surface area contributed by atoms with Crippen molar-refractivity contribution in [1.29, 1.82) is 0 Å². The molecule has 1 heterocycles. The first kappa shape index (κ1) is 14.7. The molecule has 4 nitrogen and oxygen atoms in total. The Kier molecular flexibility index (Phi) is 5.26. The molecule has 1 aromatic carbocycles. The first-order valence-corrected chi connectivity index (χ1v) is 7.37. The van der Waals surface area contributed by atoms with Crippen LogP contribution in [-0.4, -0.2) is 20.3 Å². The Labute approximate surface area is 123 Å². The standard InChI is InChI=1S/C15H20N2O2S/c1-11-3-4-13(14(9-11)19-7-6-18-2)17-10-15-12(16)5-8-20-15/h3-5,8-9,17H,6-7,10,16H2,1-2H3. The fourth-order valence-electron chi connectivity index (χ4n) is 1.80. The van der Waals surface area contributed by atoms with Gasteiger partial charge in [-0.25, -0.2) is 0 Å². The number of rotatable bonds is 7. The summed E-state index contributed by atoms with van der Waals surface area (Å²) in [5.74, 6) is 0.845. The van der Waals surface area contributed by atoms with E-state index in [4.69, 9.17) is 15.2 Å². The van der Waals surface area contributed by atoms with Gasteiger partial charge in [0, 0.05) is 17.7 Å². The van der Waals surface area contributed by atoms with Gasteiger partial charge < -0.3 is 20.5 Å². The van der Waals surface area contributed by atoms with Crippen molar-refractivity contribution in [2.75, 3.05) is 31.4 Å². The Hall–Kier alpha value is -1.72. The SMILES string of the molecule is COCCOc1cc(C)ccc1NCc1sccc1N. The van der Waals surface area contributed by atoms with Crippen LogP contribution in [0.15, 0.2) is 29.6 Å². The van der Waals surface area contributed by atoms with E-state index in [2.05, 4.69) is 11.4 Å². The van der Waals surface area contributed by atoms with Gasteiger partial charge in [-0.3, -0.25) is 0 Å². The highest BCUT2D eigenvalue weighted by molar-refractivity contribution is 7.10. The topological polar surface area (TPSA) is 56.5 Å². The van der Waals surface area contributed by atoms with Crippen molar-refractivity contribution in [2.24, 2.45) is 0 Å². The van der Waals surface area contributed by atoms with Crippen molar-refractivity contribution < 1.29 is 9.47 Å². The molecule has 20 heavy (non-hydrogen) atoms. The zero-order valence-corrected chi connectivity index (χ0v) is 12.6. The zero-order chi connectivity index (χ0) is 14.4. The predicted molar refractivity (Wildman–Crippen MR) is 84.6 cm³/mol. The van der Waals surface area contributed by atoms with Gasteiger partial charge in [-0.1, -0.05) is 6.07 Å². The summed E-state index contributed by atoms with van der Waals surface area (Å²) in [6.07, 6.45) is 0. The third kappa shape index (κ3) is 3.88. The van der Waals surface area contributed by atoms with Crippen molar-refractivity contribution in [1.82, 2.24) is 0 Å². The number of hydrogen-bond donors (Lipinski definition) is 2. The van der Waals surface area contributed by atoms with Gasteiger partial charge in [0.2, 0.25) is 0 Å². The Morgan fingerprint density at radius 2 is 2.10 bits per heavy atom. The molecule has 5 heteroatoms. The number of methoxy groups -OCH3 is 1. The summed E-state index contributed by atoms with van der Waals surface area (Å²) in [6, 6.07) is 8.03. The molecule has 0 saturated carbocycles. The molecule has 2 rings (SSSR count). The second kappa shape index (κ2) is 7.17. The highest BCUT2D eigenvalue weighted by atomic mass is 32.1. The molecule has 0 atom stereocenters. The van der Waals surface area contributed by atoms with Gasteiger partial charge in [-0.05, 0) is 36.1 Å². The zero-order valence-electron chi connectivity index (χ0n) is 11.8.